The van der Waals surface area contributed by atoms with Gasteiger partial charge in [0.15, 0.2) is 0 Å². The van der Waals surface area contributed by atoms with Crippen LogP contribution in [0.3, 0.4) is 0 Å². The van der Waals surface area contributed by atoms with Crippen molar-refractivity contribution in [1.82, 2.24) is 9.88 Å². The van der Waals surface area contributed by atoms with Crippen molar-refractivity contribution >= 4 is 32.7 Å². The van der Waals surface area contributed by atoms with E-state index in [1.807, 2.05) is 17.6 Å². The average Bonchev–Trinajstić information content (AvgIpc) is 2.64. The van der Waals surface area contributed by atoms with Gasteiger partial charge in [-0.3, -0.25) is 4.79 Å². The number of hydrogen-bond donors (Lipinski definition) is 1. The third-order valence-electron chi connectivity index (χ3n) is 3.10. The van der Waals surface area contributed by atoms with Gasteiger partial charge in [0, 0.05) is 22.4 Å². The second kappa shape index (κ2) is 3.57. The molecular weight excluding hydrogens is 287 g/mol. The first-order valence-electron chi connectivity index (χ1n) is 5.36. The van der Waals surface area contributed by atoms with Gasteiger partial charge >= 0.3 is 0 Å². The number of benzene rings is 1. The monoisotopic (exact) mass is 296 g/mol. The van der Waals surface area contributed by atoms with E-state index in [0.29, 0.717) is 22.1 Å². The number of aromatic nitrogens is 1. The van der Waals surface area contributed by atoms with Crippen LogP contribution in [0.4, 0.5) is 4.39 Å². The molecule has 0 fully saturated rings. The van der Waals surface area contributed by atoms with Crippen LogP contribution >= 0.6 is 15.9 Å². The summed E-state index contributed by atoms with van der Waals surface area (Å²) < 4.78 is 16.4. The van der Waals surface area contributed by atoms with Gasteiger partial charge in [0.05, 0.1) is 5.52 Å². The van der Waals surface area contributed by atoms with E-state index in [0.717, 1.165) is 5.52 Å². The normalized spacial score (nSPS) is 19.2. The molecule has 0 bridgehead atoms. The van der Waals surface area contributed by atoms with Crippen molar-refractivity contribution in [1.29, 1.82) is 0 Å². The van der Waals surface area contributed by atoms with E-state index >= 15 is 0 Å². The van der Waals surface area contributed by atoms with E-state index in [9.17, 15) is 9.18 Å². The molecule has 1 aliphatic rings. The molecule has 0 saturated heterocycles. The molecule has 1 aliphatic heterocycles. The van der Waals surface area contributed by atoms with Crippen LogP contribution in [0, 0.1) is 5.82 Å². The molecule has 1 atom stereocenters. The molecule has 0 aliphatic carbocycles. The van der Waals surface area contributed by atoms with E-state index in [1.54, 1.807) is 6.07 Å². The van der Waals surface area contributed by atoms with Crippen LogP contribution in [0.2, 0.25) is 0 Å². The van der Waals surface area contributed by atoms with Crippen LogP contribution in [0.25, 0.3) is 10.9 Å². The molecule has 2 aromatic rings. The zero-order valence-electron chi connectivity index (χ0n) is 9.13. The van der Waals surface area contributed by atoms with Gasteiger partial charge in [0.1, 0.15) is 11.5 Å². The predicted molar refractivity (Wildman–Crippen MR) is 66.6 cm³/mol. The van der Waals surface area contributed by atoms with Gasteiger partial charge in [-0.25, -0.2) is 4.39 Å². The Bertz CT molecular complexity index is 635. The molecule has 0 saturated carbocycles. The molecule has 3 nitrogen and oxygen atoms in total. The molecule has 0 radical (unpaired) electrons. The third kappa shape index (κ3) is 1.49. The van der Waals surface area contributed by atoms with Gasteiger partial charge < -0.3 is 9.88 Å². The molecule has 1 aromatic carbocycles. The van der Waals surface area contributed by atoms with Crippen LogP contribution in [-0.2, 0) is 0 Å². The lowest BCUT2D eigenvalue weighted by atomic mass is 10.2. The predicted octanol–water partition coefficient (Wildman–Crippen LogP) is 2.85. The summed E-state index contributed by atoms with van der Waals surface area (Å²) in [5.41, 5.74) is 1.28. The number of rotatable bonds is 0. The molecule has 2 heterocycles. The van der Waals surface area contributed by atoms with Gasteiger partial charge in [-0.1, -0.05) is 15.9 Å². The number of halogens is 2. The Morgan fingerprint density at radius 2 is 2.24 bits per heavy atom. The average molecular weight is 297 g/mol. The fourth-order valence-electron chi connectivity index (χ4n) is 2.32. The highest BCUT2D eigenvalue weighted by atomic mass is 79.9. The molecule has 3 rings (SSSR count). The van der Waals surface area contributed by atoms with Gasteiger partial charge in [0.25, 0.3) is 5.91 Å². The highest BCUT2D eigenvalue weighted by Crippen LogP contribution is 2.30. The van der Waals surface area contributed by atoms with Crippen molar-refractivity contribution < 1.29 is 9.18 Å². The van der Waals surface area contributed by atoms with Crippen molar-refractivity contribution in [3.8, 4) is 0 Å². The standard InChI is InChI=1S/C12H10BrFN2O/c1-6-5-15-12(17)11-4-8-9(14)2-7(13)3-10(8)16(6)11/h2-4,6H,5H2,1H3,(H,15,17)/t6-/m1/s1. The van der Waals surface area contributed by atoms with E-state index in [1.165, 1.54) is 6.07 Å². The van der Waals surface area contributed by atoms with Crippen LogP contribution in [0.1, 0.15) is 23.5 Å². The molecule has 0 unspecified atom stereocenters. The van der Waals surface area contributed by atoms with Crippen molar-refractivity contribution in [2.45, 2.75) is 13.0 Å². The second-order valence-electron chi connectivity index (χ2n) is 4.28. The summed E-state index contributed by atoms with van der Waals surface area (Å²) in [6.07, 6.45) is 0. The van der Waals surface area contributed by atoms with Crippen molar-refractivity contribution in [2.75, 3.05) is 6.54 Å². The van der Waals surface area contributed by atoms with Crippen LogP contribution < -0.4 is 5.32 Å². The largest absolute Gasteiger partial charge is 0.349 e. The summed E-state index contributed by atoms with van der Waals surface area (Å²) in [6, 6.07) is 5.00. The number of carbonyl (C=O) groups excluding carboxylic acids is 1. The van der Waals surface area contributed by atoms with Crippen molar-refractivity contribution in [3.05, 3.63) is 34.2 Å². The molecule has 0 spiro atoms. The topological polar surface area (TPSA) is 34.0 Å². The van der Waals surface area contributed by atoms with Gasteiger partial charge in [0.2, 0.25) is 0 Å². The van der Waals surface area contributed by atoms with Gasteiger partial charge in [-0.05, 0) is 25.1 Å². The lowest BCUT2D eigenvalue weighted by Crippen LogP contribution is -2.37. The first-order chi connectivity index (χ1) is 8.08. The highest BCUT2D eigenvalue weighted by molar-refractivity contribution is 9.10. The zero-order chi connectivity index (χ0) is 12.2. The summed E-state index contributed by atoms with van der Waals surface area (Å²) in [7, 11) is 0. The number of fused-ring (bicyclic) bond motifs is 3. The SMILES string of the molecule is C[C@@H]1CNC(=O)c2cc3c(F)cc(Br)cc3n21. The quantitative estimate of drug-likeness (QED) is 0.797. The first-order valence-corrected chi connectivity index (χ1v) is 6.15. The summed E-state index contributed by atoms with van der Waals surface area (Å²) in [5, 5.41) is 3.28. The Hall–Kier alpha value is -1.36. The first kappa shape index (κ1) is 10.8. The Kier molecular flexibility index (Phi) is 2.26. The summed E-state index contributed by atoms with van der Waals surface area (Å²) in [5.74, 6) is -0.453. The van der Waals surface area contributed by atoms with Crippen molar-refractivity contribution in [3.63, 3.8) is 0 Å². The fraction of sp³-hybridized carbons (Fsp3) is 0.250. The number of amides is 1. The minimum atomic E-state index is -0.309. The van der Waals surface area contributed by atoms with E-state index < -0.39 is 0 Å². The van der Waals surface area contributed by atoms with Gasteiger partial charge in [-0.15, -0.1) is 0 Å². The number of hydrogen-bond acceptors (Lipinski definition) is 1. The Morgan fingerprint density at radius 1 is 1.47 bits per heavy atom. The third-order valence-corrected chi connectivity index (χ3v) is 3.56. The van der Waals surface area contributed by atoms with E-state index in [4.69, 9.17) is 0 Å². The maximum Gasteiger partial charge on any atom is 0.268 e. The summed E-state index contributed by atoms with van der Waals surface area (Å²) >= 11 is 3.28. The number of nitrogens with zero attached hydrogens (tertiary/aromatic N) is 1. The van der Waals surface area contributed by atoms with E-state index in [-0.39, 0.29) is 17.8 Å². The maximum absolute atomic E-state index is 13.8. The molecule has 5 heteroatoms. The zero-order valence-corrected chi connectivity index (χ0v) is 10.7. The minimum Gasteiger partial charge on any atom is -0.349 e. The van der Waals surface area contributed by atoms with Gasteiger partial charge in [-0.2, -0.15) is 0 Å². The Labute approximate surface area is 106 Å². The van der Waals surface area contributed by atoms with Crippen LogP contribution in [-0.4, -0.2) is 17.0 Å². The van der Waals surface area contributed by atoms with Crippen molar-refractivity contribution in [2.24, 2.45) is 0 Å². The molecule has 1 N–H and O–H groups in total. The van der Waals surface area contributed by atoms with E-state index in [2.05, 4.69) is 21.2 Å². The fourth-order valence-corrected chi connectivity index (χ4v) is 2.74. The lowest BCUT2D eigenvalue weighted by molar-refractivity contribution is 0.0919. The molecule has 1 aromatic heterocycles. The highest BCUT2D eigenvalue weighted by Gasteiger charge is 2.25. The second-order valence-corrected chi connectivity index (χ2v) is 5.19. The van der Waals surface area contributed by atoms with Crippen LogP contribution in [0.15, 0.2) is 22.7 Å². The number of nitrogens with one attached hydrogen (secondary N) is 1. The number of carbonyl (C=O) groups is 1. The molecule has 88 valence electrons. The molecular formula is C12H10BrFN2O. The molecule has 17 heavy (non-hydrogen) atoms. The summed E-state index contributed by atoms with van der Waals surface area (Å²) in [6.45, 7) is 2.57. The smallest absolute Gasteiger partial charge is 0.268 e. The Balaban J connectivity index is 2.42. The maximum atomic E-state index is 13.8. The Morgan fingerprint density at radius 3 is 3.00 bits per heavy atom. The summed E-state index contributed by atoms with van der Waals surface area (Å²) in [4.78, 5) is 11.7. The molecule has 1 amide bonds. The van der Waals surface area contributed by atoms with Crippen LogP contribution in [0.5, 0.6) is 0 Å². The minimum absolute atomic E-state index is 0.133. The lowest BCUT2D eigenvalue weighted by Gasteiger charge is -2.24.